The molecular formula is C12H15N3O3. The van der Waals surface area contributed by atoms with Crippen molar-refractivity contribution in [2.45, 2.75) is 32.0 Å². The van der Waals surface area contributed by atoms with E-state index in [1.165, 1.54) is 12.3 Å². The zero-order valence-electron chi connectivity index (χ0n) is 10.1. The molecule has 2 amide bonds. The fraction of sp³-hybridized carbons (Fsp3) is 0.417. The van der Waals surface area contributed by atoms with Crippen LogP contribution in [0.1, 0.15) is 30.3 Å². The molecular weight excluding hydrogens is 234 g/mol. The second-order valence-corrected chi connectivity index (χ2v) is 4.30. The fourth-order valence-electron chi connectivity index (χ4n) is 1.86. The highest BCUT2D eigenvalue weighted by molar-refractivity contribution is 5.96. The quantitative estimate of drug-likeness (QED) is 0.823. The Labute approximate surface area is 105 Å². The first kappa shape index (κ1) is 12.5. The maximum absolute atomic E-state index is 11.9. The highest BCUT2D eigenvalue weighted by Crippen LogP contribution is 2.20. The number of rotatable bonds is 3. The zero-order valence-corrected chi connectivity index (χ0v) is 10.1. The van der Waals surface area contributed by atoms with E-state index in [1.807, 2.05) is 6.92 Å². The van der Waals surface area contributed by atoms with E-state index in [-0.39, 0.29) is 17.7 Å². The molecule has 1 saturated heterocycles. The van der Waals surface area contributed by atoms with Crippen LogP contribution in [0.15, 0.2) is 18.3 Å². The number of hydrogen-bond donors (Lipinski definition) is 2. The molecule has 2 atom stereocenters. The summed E-state index contributed by atoms with van der Waals surface area (Å²) < 4.78 is 5.45. The Hall–Kier alpha value is -1.95. The SMILES string of the molecule is CC1CCC(C(=O)Nc2ccnc(C(N)=O)c2)O1. The number of anilines is 1. The summed E-state index contributed by atoms with van der Waals surface area (Å²) in [7, 11) is 0. The van der Waals surface area contributed by atoms with Gasteiger partial charge in [-0.2, -0.15) is 0 Å². The van der Waals surface area contributed by atoms with Gasteiger partial charge in [0.2, 0.25) is 0 Å². The maximum Gasteiger partial charge on any atom is 0.267 e. The molecule has 1 fully saturated rings. The van der Waals surface area contributed by atoms with Crippen molar-refractivity contribution in [3.05, 3.63) is 24.0 Å². The Morgan fingerprint density at radius 1 is 1.50 bits per heavy atom. The minimum atomic E-state index is -0.628. The second-order valence-electron chi connectivity index (χ2n) is 4.30. The van der Waals surface area contributed by atoms with Crippen molar-refractivity contribution in [3.8, 4) is 0 Å². The number of nitrogens with zero attached hydrogens (tertiary/aromatic N) is 1. The summed E-state index contributed by atoms with van der Waals surface area (Å²) in [6.07, 6.45) is 2.69. The summed E-state index contributed by atoms with van der Waals surface area (Å²) in [6.45, 7) is 1.94. The van der Waals surface area contributed by atoms with Crippen molar-refractivity contribution < 1.29 is 14.3 Å². The Morgan fingerprint density at radius 3 is 2.89 bits per heavy atom. The third kappa shape index (κ3) is 2.84. The number of primary amides is 1. The minimum Gasteiger partial charge on any atom is -0.365 e. The number of ether oxygens (including phenoxy) is 1. The number of pyridine rings is 1. The van der Waals surface area contributed by atoms with Crippen LogP contribution in [0, 0.1) is 0 Å². The molecule has 2 unspecified atom stereocenters. The first-order valence-corrected chi connectivity index (χ1v) is 5.78. The Bertz CT molecular complexity index is 475. The molecule has 0 aromatic carbocycles. The van der Waals surface area contributed by atoms with Crippen molar-refractivity contribution in [3.63, 3.8) is 0 Å². The standard InChI is InChI=1S/C12H15N3O3/c1-7-2-3-10(18-7)12(17)15-8-4-5-14-9(6-8)11(13)16/h4-7,10H,2-3H2,1H3,(H2,13,16)(H,14,15,17). The van der Waals surface area contributed by atoms with Crippen LogP contribution in [0.3, 0.4) is 0 Å². The van der Waals surface area contributed by atoms with Gasteiger partial charge in [0, 0.05) is 11.9 Å². The van der Waals surface area contributed by atoms with Gasteiger partial charge in [-0.05, 0) is 31.9 Å². The largest absolute Gasteiger partial charge is 0.365 e. The Morgan fingerprint density at radius 2 is 2.28 bits per heavy atom. The molecule has 0 spiro atoms. The molecule has 96 valence electrons. The Balaban J connectivity index is 2.03. The molecule has 0 saturated carbocycles. The van der Waals surface area contributed by atoms with Gasteiger partial charge in [-0.1, -0.05) is 0 Å². The van der Waals surface area contributed by atoms with Gasteiger partial charge >= 0.3 is 0 Å². The van der Waals surface area contributed by atoms with E-state index in [9.17, 15) is 9.59 Å². The van der Waals surface area contributed by atoms with Crippen molar-refractivity contribution in [2.75, 3.05) is 5.32 Å². The lowest BCUT2D eigenvalue weighted by Crippen LogP contribution is -2.28. The lowest BCUT2D eigenvalue weighted by Gasteiger charge is -2.11. The number of aromatic nitrogens is 1. The van der Waals surface area contributed by atoms with Crippen LogP contribution < -0.4 is 11.1 Å². The Kier molecular flexibility index (Phi) is 3.57. The van der Waals surface area contributed by atoms with E-state index in [4.69, 9.17) is 10.5 Å². The van der Waals surface area contributed by atoms with Crippen LogP contribution in [-0.2, 0) is 9.53 Å². The number of amides is 2. The number of nitrogens with one attached hydrogen (secondary N) is 1. The van der Waals surface area contributed by atoms with Crippen LogP contribution in [0.5, 0.6) is 0 Å². The van der Waals surface area contributed by atoms with Gasteiger partial charge in [-0.15, -0.1) is 0 Å². The topological polar surface area (TPSA) is 94.3 Å². The molecule has 1 aromatic heterocycles. The summed E-state index contributed by atoms with van der Waals surface area (Å²) in [5.41, 5.74) is 5.73. The first-order chi connectivity index (χ1) is 8.56. The molecule has 3 N–H and O–H groups in total. The number of nitrogens with two attached hydrogens (primary N) is 1. The predicted molar refractivity (Wildman–Crippen MR) is 65.0 cm³/mol. The normalized spacial score (nSPS) is 22.7. The molecule has 6 heteroatoms. The number of hydrogen-bond acceptors (Lipinski definition) is 4. The third-order valence-electron chi connectivity index (χ3n) is 2.80. The molecule has 18 heavy (non-hydrogen) atoms. The molecule has 0 bridgehead atoms. The summed E-state index contributed by atoms with van der Waals surface area (Å²) in [5, 5.41) is 2.69. The molecule has 1 aromatic rings. The van der Waals surface area contributed by atoms with E-state index in [0.717, 1.165) is 6.42 Å². The molecule has 6 nitrogen and oxygen atoms in total. The number of carbonyl (C=O) groups excluding carboxylic acids is 2. The van der Waals surface area contributed by atoms with E-state index >= 15 is 0 Å². The van der Waals surface area contributed by atoms with Gasteiger partial charge in [0.15, 0.2) is 0 Å². The van der Waals surface area contributed by atoms with Crippen molar-refractivity contribution in [2.24, 2.45) is 5.73 Å². The van der Waals surface area contributed by atoms with Gasteiger partial charge in [-0.25, -0.2) is 0 Å². The maximum atomic E-state index is 11.9. The third-order valence-corrected chi connectivity index (χ3v) is 2.80. The fourth-order valence-corrected chi connectivity index (χ4v) is 1.86. The summed E-state index contributed by atoms with van der Waals surface area (Å²) in [4.78, 5) is 26.6. The van der Waals surface area contributed by atoms with Crippen LogP contribution in [0.4, 0.5) is 5.69 Å². The second kappa shape index (κ2) is 5.14. The van der Waals surface area contributed by atoms with E-state index in [2.05, 4.69) is 10.3 Å². The summed E-state index contributed by atoms with van der Waals surface area (Å²) in [5.74, 6) is -0.835. The summed E-state index contributed by atoms with van der Waals surface area (Å²) >= 11 is 0. The first-order valence-electron chi connectivity index (χ1n) is 5.78. The van der Waals surface area contributed by atoms with Crippen molar-refractivity contribution in [1.82, 2.24) is 4.98 Å². The molecule has 2 heterocycles. The van der Waals surface area contributed by atoms with Crippen LogP contribution >= 0.6 is 0 Å². The lowest BCUT2D eigenvalue weighted by atomic mass is 10.2. The summed E-state index contributed by atoms with van der Waals surface area (Å²) in [6, 6.07) is 3.04. The molecule has 0 aliphatic carbocycles. The van der Waals surface area contributed by atoms with E-state index < -0.39 is 12.0 Å². The smallest absolute Gasteiger partial charge is 0.267 e. The van der Waals surface area contributed by atoms with Gasteiger partial charge in [0.05, 0.1) is 6.10 Å². The van der Waals surface area contributed by atoms with Crippen molar-refractivity contribution >= 4 is 17.5 Å². The molecule has 1 aliphatic rings. The lowest BCUT2D eigenvalue weighted by molar-refractivity contribution is -0.126. The van der Waals surface area contributed by atoms with E-state index in [1.54, 1.807) is 6.07 Å². The van der Waals surface area contributed by atoms with Gasteiger partial charge in [-0.3, -0.25) is 14.6 Å². The van der Waals surface area contributed by atoms with Gasteiger partial charge in [0.1, 0.15) is 11.8 Å². The van der Waals surface area contributed by atoms with Crippen LogP contribution in [0.25, 0.3) is 0 Å². The van der Waals surface area contributed by atoms with Gasteiger partial charge in [0.25, 0.3) is 11.8 Å². The minimum absolute atomic E-state index is 0.111. The molecule has 0 radical (unpaired) electrons. The monoisotopic (exact) mass is 249 g/mol. The average Bonchev–Trinajstić information content (AvgIpc) is 2.76. The van der Waals surface area contributed by atoms with E-state index in [0.29, 0.717) is 12.1 Å². The highest BCUT2D eigenvalue weighted by Gasteiger charge is 2.28. The van der Waals surface area contributed by atoms with Crippen LogP contribution in [0.2, 0.25) is 0 Å². The highest BCUT2D eigenvalue weighted by atomic mass is 16.5. The van der Waals surface area contributed by atoms with Crippen molar-refractivity contribution in [1.29, 1.82) is 0 Å². The van der Waals surface area contributed by atoms with Gasteiger partial charge < -0.3 is 15.8 Å². The predicted octanol–water partition coefficient (Wildman–Crippen LogP) is 0.686. The average molecular weight is 249 g/mol. The number of carbonyl (C=O) groups is 2. The molecule has 2 rings (SSSR count). The molecule has 1 aliphatic heterocycles. The van der Waals surface area contributed by atoms with Crippen LogP contribution in [-0.4, -0.2) is 29.0 Å². The zero-order chi connectivity index (χ0) is 13.1.